The van der Waals surface area contributed by atoms with Gasteiger partial charge in [0.05, 0.1) is 12.6 Å². The molecule has 3 N–H and O–H groups in total. The number of carbonyl (C=O) groups excluding carboxylic acids is 1. The number of hydrogen-bond donors (Lipinski definition) is 3. The van der Waals surface area contributed by atoms with Crippen molar-refractivity contribution in [1.29, 1.82) is 0 Å². The van der Waals surface area contributed by atoms with Gasteiger partial charge in [0, 0.05) is 10.9 Å². The molecule has 2 rings (SSSR count). The van der Waals surface area contributed by atoms with E-state index in [-0.39, 0.29) is 24.1 Å². The largest absolute Gasteiger partial charge is 0.434 e. The van der Waals surface area contributed by atoms with E-state index in [0.29, 0.717) is 23.2 Å². The first-order valence-electron chi connectivity index (χ1n) is 7.39. The van der Waals surface area contributed by atoms with Gasteiger partial charge in [-0.2, -0.15) is 8.78 Å². The summed E-state index contributed by atoms with van der Waals surface area (Å²) in [6.45, 7) is 0.888. The Labute approximate surface area is 132 Å². The third-order valence-corrected chi connectivity index (χ3v) is 3.40. The summed E-state index contributed by atoms with van der Waals surface area (Å²) >= 11 is 0. The number of H-pyrrole nitrogens is 1. The molecule has 1 amide bonds. The molecule has 1 aromatic carbocycles. The second kappa shape index (κ2) is 7.41. The number of alkyl halides is 2. The van der Waals surface area contributed by atoms with Gasteiger partial charge in [-0.1, -0.05) is 19.9 Å². The van der Waals surface area contributed by atoms with Gasteiger partial charge in [-0.25, -0.2) is 0 Å². The van der Waals surface area contributed by atoms with Gasteiger partial charge in [0.25, 0.3) is 5.91 Å². The van der Waals surface area contributed by atoms with Crippen molar-refractivity contribution >= 4 is 16.8 Å². The average Bonchev–Trinajstić information content (AvgIpc) is 2.90. The SMILES string of the molecule is CC(C)CC(CO)NC(=O)c1cc2c(OC(F)F)cccc2[nH]1. The molecule has 1 unspecified atom stereocenters. The minimum Gasteiger partial charge on any atom is -0.434 e. The fraction of sp³-hybridized carbons (Fsp3) is 0.438. The second-order valence-corrected chi connectivity index (χ2v) is 5.76. The van der Waals surface area contributed by atoms with Crippen LogP contribution in [0.25, 0.3) is 10.9 Å². The van der Waals surface area contributed by atoms with Crippen LogP contribution in [0.2, 0.25) is 0 Å². The maximum Gasteiger partial charge on any atom is 0.387 e. The maximum atomic E-state index is 12.4. The van der Waals surface area contributed by atoms with Crippen LogP contribution in [0.5, 0.6) is 5.75 Å². The van der Waals surface area contributed by atoms with Crippen LogP contribution in [0, 0.1) is 5.92 Å². The number of rotatable bonds is 7. The highest BCUT2D eigenvalue weighted by molar-refractivity contribution is 5.99. The van der Waals surface area contributed by atoms with Crippen LogP contribution in [0.15, 0.2) is 24.3 Å². The molecule has 1 heterocycles. The molecule has 0 fully saturated rings. The van der Waals surface area contributed by atoms with Crippen molar-refractivity contribution in [2.24, 2.45) is 5.92 Å². The monoisotopic (exact) mass is 326 g/mol. The smallest absolute Gasteiger partial charge is 0.387 e. The third-order valence-electron chi connectivity index (χ3n) is 3.40. The van der Waals surface area contributed by atoms with E-state index in [1.165, 1.54) is 12.1 Å². The van der Waals surface area contributed by atoms with Crippen LogP contribution in [-0.2, 0) is 0 Å². The number of aliphatic hydroxyl groups excluding tert-OH is 1. The van der Waals surface area contributed by atoms with Crippen molar-refractivity contribution in [3.05, 3.63) is 30.0 Å². The molecule has 0 bridgehead atoms. The maximum absolute atomic E-state index is 12.4. The molecule has 1 atom stereocenters. The summed E-state index contributed by atoms with van der Waals surface area (Å²) < 4.78 is 29.3. The van der Waals surface area contributed by atoms with Gasteiger partial charge >= 0.3 is 6.61 Å². The van der Waals surface area contributed by atoms with Crippen molar-refractivity contribution in [3.8, 4) is 5.75 Å². The van der Waals surface area contributed by atoms with Crippen LogP contribution < -0.4 is 10.1 Å². The number of halogens is 2. The van der Waals surface area contributed by atoms with E-state index in [1.54, 1.807) is 12.1 Å². The molecule has 1 aromatic heterocycles. The van der Waals surface area contributed by atoms with Gasteiger partial charge in [0.2, 0.25) is 0 Å². The minimum atomic E-state index is -2.93. The number of nitrogens with one attached hydrogen (secondary N) is 2. The zero-order valence-electron chi connectivity index (χ0n) is 13.0. The fourth-order valence-electron chi connectivity index (χ4n) is 2.46. The Morgan fingerprint density at radius 2 is 2.13 bits per heavy atom. The highest BCUT2D eigenvalue weighted by Crippen LogP contribution is 2.27. The quantitative estimate of drug-likeness (QED) is 0.732. The van der Waals surface area contributed by atoms with Crippen molar-refractivity contribution in [1.82, 2.24) is 10.3 Å². The number of aromatic amines is 1. The Bertz CT molecular complexity index is 670. The normalized spacial score (nSPS) is 12.8. The summed E-state index contributed by atoms with van der Waals surface area (Å²) in [7, 11) is 0. The zero-order chi connectivity index (χ0) is 17.0. The summed E-state index contributed by atoms with van der Waals surface area (Å²) in [6.07, 6.45) is 0.641. The van der Waals surface area contributed by atoms with Crippen LogP contribution >= 0.6 is 0 Å². The van der Waals surface area contributed by atoms with Gasteiger partial charge in [-0.05, 0) is 30.5 Å². The Hall–Kier alpha value is -2.15. The van der Waals surface area contributed by atoms with E-state index in [1.807, 2.05) is 13.8 Å². The van der Waals surface area contributed by atoms with Crippen molar-refractivity contribution in [2.75, 3.05) is 6.61 Å². The van der Waals surface area contributed by atoms with Crippen molar-refractivity contribution < 1.29 is 23.4 Å². The number of fused-ring (bicyclic) bond motifs is 1. The van der Waals surface area contributed by atoms with Crippen LogP contribution in [0.4, 0.5) is 8.78 Å². The number of aliphatic hydroxyl groups is 1. The predicted octanol–water partition coefficient (Wildman–Crippen LogP) is 2.91. The lowest BCUT2D eigenvalue weighted by Crippen LogP contribution is -2.38. The molecule has 0 saturated heterocycles. The topological polar surface area (TPSA) is 74.3 Å². The minimum absolute atomic E-state index is 0.00805. The van der Waals surface area contributed by atoms with E-state index in [2.05, 4.69) is 15.0 Å². The number of carbonyl (C=O) groups is 1. The lowest BCUT2D eigenvalue weighted by Gasteiger charge is -2.17. The first-order chi connectivity index (χ1) is 10.9. The molecule has 0 aliphatic heterocycles. The highest BCUT2D eigenvalue weighted by Gasteiger charge is 2.18. The molecule has 2 aromatic rings. The predicted molar refractivity (Wildman–Crippen MR) is 82.7 cm³/mol. The van der Waals surface area contributed by atoms with Crippen molar-refractivity contribution in [2.45, 2.75) is 32.9 Å². The van der Waals surface area contributed by atoms with Gasteiger partial charge in [-0.15, -0.1) is 0 Å². The lowest BCUT2D eigenvalue weighted by atomic mass is 10.0. The summed E-state index contributed by atoms with van der Waals surface area (Å²) in [4.78, 5) is 15.1. The number of aromatic nitrogens is 1. The molecule has 7 heteroatoms. The molecule has 0 aliphatic carbocycles. The van der Waals surface area contributed by atoms with Crippen molar-refractivity contribution in [3.63, 3.8) is 0 Å². The first kappa shape index (κ1) is 17.2. The molecule has 126 valence electrons. The van der Waals surface area contributed by atoms with Gasteiger partial charge in [0.1, 0.15) is 11.4 Å². The lowest BCUT2D eigenvalue weighted by molar-refractivity contribution is -0.0487. The van der Waals surface area contributed by atoms with E-state index in [9.17, 15) is 18.7 Å². The molecule has 23 heavy (non-hydrogen) atoms. The van der Waals surface area contributed by atoms with Gasteiger partial charge in [-0.3, -0.25) is 4.79 Å². The summed E-state index contributed by atoms with van der Waals surface area (Å²) in [5.41, 5.74) is 0.755. The fourth-order valence-corrected chi connectivity index (χ4v) is 2.46. The Morgan fingerprint density at radius 1 is 1.39 bits per heavy atom. The van der Waals surface area contributed by atoms with E-state index in [0.717, 1.165) is 0 Å². The number of amides is 1. The Balaban J connectivity index is 2.21. The summed E-state index contributed by atoms with van der Waals surface area (Å²) in [5.74, 6) is -0.0706. The number of benzene rings is 1. The molecule has 0 aliphatic rings. The van der Waals surface area contributed by atoms with E-state index >= 15 is 0 Å². The van der Waals surface area contributed by atoms with Gasteiger partial charge < -0.3 is 20.1 Å². The molecular weight excluding hydrogens is 306 g/mol. The highest BCUT2D eigenvalue weighted by atomic mass is 19.3. The van der Waals surface area contributed by atoms with Crippen LogP contribution in [0.3, 0.4) is 0 Å². The van der Waals surface area contributed by atoms with E-state index < -0.39 is 12.5 Å². The standard InChI is InChI=1S/C16H20F2N2O3/c1-9(2)6-10(8-21)19-15(22)13-7-11-12(20-13)4-3-5-14(11)23-16(17)18/h3-5,7,9-10,16,20-21H,6,8H2,1-2H3,(H,19,22). The Morgan fingerprint density at radius 3 is 2.74 bits per heavy atom. The average molecular weight is 326 g/mol. The molecule has 0 spiro atoms. The third kappa shape index (κ3) is 4.41. The Kier molecular flexibility index (Phi) is 5.54. The van der Waals surface area contributed by atoms with Crippen LogP contribution in [0.1, 0.15) is 30.8 Å². The first-order valence-corrected chi connectivity index (χ1v) is 7.39. The molecular formula is C16H20F2N2O3. The van der Waals surface area contributed by atoms with Crippen LogP contribution in [-0.4, -0.2) is 35.3 Å². The van der Waals surface area contributed by atoms with E-state index in [4.69, 9.17) is 0 Å². The number of hydrogen-bond acceptors (Lipinski definition) is 3. The summed E-state index contributed by atoms with van der Waals surface area (Å²) in [6, 6.07) is 5.76. The summed E-state index contributed by atoms with van der Waals surface area (Å²) in [5, 5.41) is 12.5. The van der Waals surface area contributed by atoms with Gasteiger partial charge in [0.15, 0.2) is 0 Å². The molecule has 5 nitrogen and oxygen atoms in total. The molecule has 0 saturated carbocycles. The number of ether oxygens (including phenoxy) is 1. The zero-order valence-corrected chi connectivity index (χ0v) is 13.0. The molecule has 0 radical (unpaired) electrons. The second-order valence-electron chi connectivity index (χ2n) is 5.76.